The molecular weight excluding hydrogens is 432 g/mol. The van der Waals surface area contributed by atoms with E-state index in [0.717, 1.165) is 5.56 Å². The number of aryl methyl sites for hydroxylation is 1. The van der Waals surface area contributed by atoms with Gasteiger partial charge in [0, 0.05) is 29.5 Å². The molecule has 0 saturated carbocycles. The molecule has 0 aliphatic rings. The highest BCUT2D eigenvalue weighted by Crippen LogP contribution is 2.23. The molecule has 31 heavy (non-hydrogen) atoms. The van der Waals surface area contributed by atoms with Crippen molar-refractivity contribution in [2.24, 2.45) is 7.05 Å². The summed E-state index contributed by atoms with van der Waals surface area (Å²) in [5, 5.41) is 12.8. The Morgan fingerprint density at radius 1 is 1.03 bits per heavy atom. The van der Waals surface area contributed by atoms with Gasteiger partial charge in [-0.1, -0.05) is 35.9 Å². The standard InChI is InChI=1S/C23H19ClN4O2S/c1-28-12-11-19(27-28)21(15-7-9-17(24)10-8-15)26-22(29)16-4-2-5-18(14-16)25-23(30)20-6-3-13-31-20/h2-14,21H,1H3,(H,25,30)(H,26,29). The second-order valence-corrected chi connectivity index (χ2v) is 8.27. The number of halogens is 1. The number of aromatic nitrogens is 2. The van der Waals surface area contributed by atoms with Crippen LogP contribution in [0.15, 0.2) is 78.3 Å². The van der Waals surface area contributed by atoms with Gasteiger partial charge in [-0.05, 0) is 53.4 Å². The lowest BCUT2D eigenvalue weighted by Crippen LogP contribution is -2.29. The fourth-order valence-corrected chi connectivity index (χ4v) is 3.87. The van der Waals surface area contributed by atoms with Gasteiger partial charge in [-0.15, -0.1) is 11.3 Å². The molecule has 2 heterocycles. The first-order valence-corrected chi connectivity index (χ1v) is 10.8. The Balaban J connectivity index is 1.56. The Kier molecular flexibility index (Phi) is 6.16. The SMILES string of the molecule is Cn1ccc(C(NC(=O)c2cccc(NC(=O)c3cccs3)c2)c2ccc(Cl)cc2)n1. The predicted molar refractivity (Wildman–Crippen MR) is 123 cm³/mol. The lowest BCUT2D eigenvalue weighted by Gasteiger charge is -2.18. The van der Waals surface area contributed by atoms with Gasteiger partial charge >= 0.3 is 0 Å². The van der Waals surface area contributed by atoms with E-state index >= 15 is 0 Å². The summed E-state index contributed by atoms with van der Waals surface area (Å²) in [7, 11) is 1.82. The van der Waals surface area contributed by atoms with Gasteiger partial charge in [0.15, 0.2) is 0 Å². The first kappa shape index (κ1) is 20.8. The van der Waals surface area contributed by atoms with Gasteiger partial charge < -0.3 is 10.6 Å². The topological polar surface area (TPSA) is 76.0 Å². The molecule has 0 fully saturated rings. The number of benzene rings is 2. The van der Waals surface area contributed by atoms with Crippen molar-refractivity contribution in [3.63, 3.8) is 0 Å². The maximum Gasteiger partial charge on any atom is 0.265 e. The predicted octanol–water partition coefficient (Wildman–Crippen LogP) is 4.91. The Hall–Kier alpha value is -3.42. The van der Waals surface area contributed by atoms with E-state index in [2.05, 4.69) is 15.7 Å². The van der Waals surface area contributed by atoms with E-state index in [4.69, 9.17) is 11.6 Å². The van der Waals surface area contributed by atoms with Gasteiger partial charge in [-0.25, -0.2) is 0 Å². The van der Waals surface area contributed by atoms with Crippen LogP contribution in [0.5, 0.6) is 0 Å². The van der Waals surface area contributed by atoms with E-state index < -0.39 is 6.04 Å². The molecule has 0 aliphatic carbocycles. The van der Waals surface area contributed by atoms with E-state index in [1.807, 2.05) is 42.9 Å². The molecular formula is C23H19ClN4O2S. The zero-order valence-corrected chi connectivity index (χ0v) is 18.2. The molecule has 1 atom stereocenters. The number of carbonyl (C=O) groups is 2. The number of anilines is 1. The molecule has 6 nitrogen and oxygen atoms in total. The van der Waals surface area contributed by atoms with Crippen molar-refractivity contribution in [1.82, 2.24) is 15.1 Å². The lowest BCUT2D eigenvalue weighted by molar-refractivity contribution is 0.0941. The maximum atomic E-state index is 13.1. The third-order valence-corrected chi connectivity index (χ3v) is 5.76. The van der Waals surface area contributed by atoms with Gasteiger partial charge in [-0.3, -0.25) is 14.3 Å². The van der Waals surface area contributed by atoms with E-state index in [1.54, 1.807) is 47.1 Å². The quantitative estimate of drug-likeness (QED) is 0.438. The molecule has 4 aromatic rings. The summed E-state index contributed by atoms with van der Waals surface area (Å²) >= 11 is 7.38. The van der Waals surface area contributed by atoms with Crippen LogP contribution in [-0.4, -0.2) is 21.6 Å². The fraction of sp³-hybridized carbons (Fsp3) is 0.0870. The van der Waals surface area contributed by atoms with Gasteiger partial charge in [0.1, 0.15) is 0 Å². The molecule has 0 saturated heterocycles. The van der Waals surface area contributed by atoms with Crippen LogP contribution in [0.1, 0.15) is 37.3 Å². The van der Waals surface area contributed by atoms with E-state index in [-0.39, 0.29) is 11.8 Å². The highest BCUT2D eigenvalue weighted by molar-refractivity contribution is 7.12. The van der Waals surface area contributed by atoms with Gasteiger partial charge in [0.2, 0.25) is 0 Å². The normalized spacial score (nSPS) is 11.7. The second kappa shape index (κ2) is 9.16. The highest BCUT2D eigenvalue weighted by atomic mass is 35.5. The Labute approximate surface area is 188 Å². The number of hydrogen-bond donors (Lipinski definition) is 2. The van der Waals surface area contributed by atoms with Crippen LogP contribution >= 0.6 is 22.9 Å². The highest BCUT2D eigenvalue weighted by Gasteiger charge is 2.20. The van der Waals surface area contributed by atoms with Crippen LogP contribution < -0.4 is 10.6 Å². The molecule has 2 amide bonds. The second-order valence-electron chi connectivity index (χ2n) is 6.88. The largest absolute Gasteiger partial charge is 0.339 e. The molecule has 8 heteroatoms. The molecule has 2 aromatic carbocycles. The van der Waals surface area contributed by atoms with E-state index in [1.165, 1.54) is 11.3 Å². The minimum atomic E-state index is -0.449. The molecule has 0 radical (unpaired) electrons. The third-order valence-electron chi connectivity index (χ3n) is 4.64. The zero-order valence-electron chi connectivity index (χ0n) is 16.6. The smallest absolute Gasteiger partial charge is 0.265 e. The summed E-state index contributed by atoms with van der Waals surface area (Å²) in [6.07, 6.45) is 1.82. The van der Waals surface area contributed by atoms with Crippen molar-refractivity contribution in [2.75, 3.05) is 5.32 Å². The average Bonchev–Trinajstić information content (AvgIpc) is 3.45. The van der Waals surface area contributed by atoms with Gasteiger partial charge in [-0.2, -0.15) is 5.10 Å². The number of amides is 2. The monoisotopic (exact) mass is 450 g/mol. The van der Waals surface area contributed by atoms with Gasteiger partial charge in [0.05, 0.1) is 16.6 Å². The number of nitrogens with zero attached hydrogens (tertiary/aromatic N) is 2. The minimum Gasteiger partial charge on any atom is -0.339 e. The molecule has 156 valence electrons. The number of carbonyl (C=O) groups excluding carboxylic acids is 2. The molecule has 0 bridgehead atoms. The number of thiophene rings is 1. The summed E-state index contributed by atoms with van der Waals surface area (Å²) in [5.74, 6) is -0.488. The van der Waals surface area contributed by atoms with Crippen molar-refractivity contribution in [3.8, 4) is 0 Å². The van der Waals surface area contributed by atoms with Crippen molar-refractivity contribution < 1.29 is 9.59 Å². The lowest BCUT2D eigenvalue weighted by atomic mass is 10.0. The molecule has 0 aliphatic heterocycles. The summed E-state index contributed by atoms with van der Waals surface area (Å²) in [6, 6.07) is 19.1. The van der Waals surface area contributed by atoms with Crippen LogP contribution in [0.4, 0.5) is 5.69 Å². The van der Waals surface area contributed by atoms with Crippen LogP contribution in [0, 0.1) is 0 Å². The molecule has 1 unspecified atom stereocenters. The van der Waals surface area contributed by atoms with Crippen molar-refractivity contribution in [2.45, 2.75) is 6.04 Å². The summed E-state index contributed by atoms with van der Waals surface area (Å²) in [5.41, 5.74) is 2.55. The molecule has 2 N–H and O–H groups in total. The van der Waals surface area contributed by atoms with E-state index in [9.17, 15) is 9.59 Å². The van der Waals surface area contributed by atoms with Crippen LogP contribution in [0.3, 0.4) is 0 Å². The van der Waals surface area contributed by atoms with Crippen molar-refractivity contribution in [3.05, 3.63) is 105 Å². The fourth-order valence-electron chi connectivity index (χ4n) is 3.12. The number of hydrogen-bond acceptors (Lipinski definition) is 4. The minimum absolute atomic E-state index is 0.208. The van der Waals surface area contributed by atoms with Crippen molar-refractivity contribution in [1.29, 1.82) is 0 Å². The molecule has 2 aromatic heterocycles. The van der Waals surface area contributed by atoms with Crippen LogP contribution in [0.2, 0.25) is 5.02 Å². The zero-order chi connectivity index (χ0) is 21.8. The Bertz CT molecular complexity index is 1200. The molecule has 4 rings (SSSR count). The summed E-state index contributed by atoms with van der Waals surface area (Å²) < 4.78 is 1.69. The van der Waals surface area contributed by atoms with E-state index in [0.29, 0.717) is 26.8 Å². The first-order valence-electron chi connectivity index (χ1n) is 9.50. The Morgan fingerprint density at radius 2 is 1.84 bits per heavy atom. The number of nitrogens with one attached hydrogen (secondary N) is 2. The third kappa shape index (κ3) is 5.02. The summed E-state index contributed by atoms with van der Waals surface area (Å²) in [6.45, 7) is 0. The van der Waals surface area contributed by atoms with Crippen LogP contribution in [-0.2, 0) is 7.05 Å². The van der Waals surface area contributed by atoms with Crippen LogP contribution in [0.25, 0.3) is 0 Å². The summed E-state index contributed by atoms with van der Waals surface area (Å²) in [4.78, 5) is 26.0. The average molecular weight is 451 g/mol. The first-order chi connectivity index (χ1) is 15.0. The maximum absolute atomic E-state index is 13.1. The Morgan fingerprint density at radius 3 is 2.52 bits per heavy atom. The van der Waals surface area contributed by atoms with Gasteiger partial charge in [0.25, 0.3) is 11.8 Å². The molecule has 0 spiro atoms. The van der Waals surface area contributed by atoms with Crippen molar-refractivity contribution >= 4 is 40.4 Å². The number of rotatable bonds is 6.